The van der Waals surface area contributed by atoms with Crippen LogP contribution in [-0.4, -0.2) is 17.2 Å². The molecule has 3 heteroatoms. The number of hydrogen-bond donors (Lipinski definition) is 1. The smallest absolute Gasteiger partial charge is 0.306 e. The Balaban J connectivity index is 2.00. The van der Waals surface area contributed by atoms with E-state index in [1.165, 1.54) is 15.9 Å². The fourth-order valence-electron chi connectivity index (χ4n) is 3.80. The van der Waals surface area contributed by atoms with Crippen LogP contribution < -0.4 is 15.9 Å². The third-order valence-corrected chi connectivity index (χ3v) is 9.92. The summed E-state index contributed by atoms with van der Waals surface area (Å²) in [7, 11) is -1.78. The minimum absolute atomic E-state index is 0.280. The van der Waals surface area contributed by atoms with Crippen LogP contribution >= 0.6 is 7.26 Å². The number of carbonyl (C=O) groups is 1. The zero-order valence-electron chi connectivity index (χ0n) is 16.4. The van der Waals surface area contributed by atoms with Gasteiger partial charge in [0, 0.05) is 0 Å². The summed E-state index contributed by atoms with van der Waals surface area (Å²) in [6.45, 7) is 1.80. The van der Waals surface area contributed by atoms with Crippen LogP contribution in [0.1, 0.15) is 26.2 Å². The van der Waals surface area contributed by atoms with E-state index >= 15 is 0 Å². The number of carboxylic acid groups (broad SMARTS) is 1. The summed E-state index contributed by atoms with van der Waals surface area (Å²) in [5, 5.41) is 13.3. The van der Waals surface area contributed by atoms with Gasteiger partial charge in [-0.15, -0.1) is 0 Å². The maximum atomic E-state index is 11.2. The first-order valence-electron chi connectivity index (χ1n) is 9.92. The van der Waals surface area contributed by atoms with Crippen LogP contribution in [-0.2, 0) is 4.79 Å². The van der Waals surface area contributed by atoms with Gasteiger partial charge in [0.15, 0.2) is 0 Å². The topological polar surface area (TPSA) is 37.3 Å². The summed E-state index contributed by atoms with van der Waals surface area (Å²) in [5.74, 6) is -0.979. The fraction of sp³-hybridized carbons (Fsp3) is 0.240. The molecule has 0 aliphatic carbocycles. The van der Waals surface area contributed by atoms with E-state index in [0.717, 1.165) is 25.4 Å². The van der Waals surface area contributed by atoms with Crippen molar-refractivity contribution in [2.24, 2.45) is 5.92 Å². The van der Waals surface area contributed by atoms with E-state index in [4.69, 9.17) is 0 Å². The Morgan fingerprint density at radius 3 is 1.50 bits per heavy atom. The predicted molar refractivity (Wildman–Crippen MR) is 121 cm³/mol. The molecule has 144 valence electrons. The zero-order valence-corrected chi connectivity index (χ0v) is 17.3. The summed E-state index contributed by atoms with van der Waals surface area (Å²) in [6.07, 6.45) is 3.73. The molecular formula is C25H28O2P+. The van der Waals surface area contributed by atoms with Gasteiger partial charge in [-0.3, -0.25) is 4.79 Å². The second-order valence-corrected chi connectivity index (χ2v) is 10.9. The number of unbranched alkanes of at least 4 members (excludes halogenated alkanes) is 1. The first-order valence-corrected chi connectivity index (χ1v) is 11.9. The molecule has 0 bridgehead atoms. The summed E-state index contributed by atoms with van der Waals surface area (Å²) in [6, 6.07) is 32.5. The largest absolute Gasteiger partial charge is 0.481 e. The van der Waals surface area contributed by atoms with E-state index < -0.39 is 13.2 Å². The Kier molecular flexibility index (Phi) is 7.01. The number of aliphatic carboxylic acids is 1. The van der Waals surface area contributed by atoms with E-state index in [2.05, 4.69) is 91.0 Å². The van der Waals surface area contributed by atoms with Crippen LogP contribution in [0, 0.1) is 5.92 Å². The van der Waals surface area contributed by atoms with Gasteiger partial charge in [-0.05, 0) is 55.7 Å². The van der Waals surface area contributed by atoms with Gasteiger partial charge in [0.2, 0.25) is 0 Å². The van der Waals surface area contributed by atoms with E-state index in [1.54, 1.807) is 6.92 Å². The van der Waals surface area contributed by atoms with Crippen molar-refractivity contribution in [1.82, 2.24) is 0 Å². The summed E-state index contributed by atoms with van der Waals surface area (Å²) < 4.78 is 0. The van der Waals surface area contributed by atoms with Crippen molar-refractivity contribution in [2.75, 3.05) is 6.16 Å². The Hall–Kier alpha value is -2.44. The molecule has 1 unspecified atom stereocenters. The number of hydrogen-bond acceptors (Lipinski definition) is 1. The van der Waals surface area contributed by atoms with Crippen molar-refractivity contribution in [3.63, 3.8) is 0 Å². The molecule has 0 spiro atoms. The zero-order chi connectivity index (χ0) is 19.8. The summed E-state index contributed by atoms with van der Waals surface area (Å²) in [5.41, 5.74) is 0. The van der Waals surface area contributed by atoms with E-state index in [9.17, 15) is 9.90 Å². The quantitative estimate of drug-likeness (QED) is 0.417. The molecule has 2 nitrogen and oxygen atoms in total. The van der Waals surface area contributed by atoms with Crippen LogP contribution in [0.25, 0.3) is 0 Å². The van der Waals surface area contributed by atoms with E-state index in [0.29, 0.717) is 0 Å². The highest BCUT2D eigenvalue weighted by Gasteiger charge is 2.44. The number of benzene rings is 3. The third-order valence-electron chi connectivity index (χ3n) is 5.39. The van der Waals surface area contributed by atoms with E-state index in [-0.39, 0.29) is 5.92 Å². The van der Waals surface area contributed by atoms with Crippen molar-refractivity contribution in [1.29, 1.82) is 0 Å². The second-order valence-electron chi connectivity index (χ2n) is 7.28. The van der Waals surface area contributed by atoms with Crippen LogP contribution in [0.5, 0.6) is 0 Å². The normalized spacial score (nSPS) is 12.5. The number of rotatable bonds is 9. The van der Waals surface area contributed by atoms with E-state index in [1.807, 2.05) is 0 Å². The van der Waals surface area contributed by atoms with Crippen LogP contribution in [0.2, 0.25) is 0 Å². The molecule has 3 rings (SSSR count). The molecule has 0 amide bonds. The average molecular weight is 391 g/mol. The van der Waals surface area contributed by atoms with Crippen LogP contribution in [0.4, 0.5) is 0 Å². The molecule has 0 radical (unpaired) electrons. The number of carboxylic acids is 1. The Morgan fingerprint density at radius 1 is 0.750 bits per heavy atom. The third kappa shape index (κ3) is 4.51. The highest BCUT2D eigenvalue weighted by Crippen LogP contribution is 2.56. The standard InChI is InChI=1S/C25H27O2P/c1-21(25(26)27)13-11-12-20-28(22-14-5-2-6-15-22,23-16-7-3-8-17-23)24-18-9-4-10-19-24/h2-10,14-19,21H,11-13,20H2,1H3/p+1. The fourth-order valence-corrected chi connectivity index (χ4v) is 8.22. The predicted octanol–water partition coefficient (Wildman–Crippen LogP) is 4.87. The Morgan fingerprint density at radius 2 is 1.14 bits per heavy atom. The monoisotopic (exact) mass is 391 g/mol. The van der Waals surface area contributed by atoms with Gasteiger partial charge in [-0.25, -0.2) is 0 Å². The molecule has 0 saturated carbocycles. The lowest BCUT2D eigenvalue weighted by Gasteiger charge is -2.27. The average Bonchev–Trinajstić information content (AvgIpc) is 2.75. The Labute approximate surface area is 168 Å². The molecule has 28 heavy (non-hydrogen) atoms. The minimum atomic E-state index is -1.78. The van der Waals surface area contributed by atoms with Crippen molar-refractivity contribution in [3.8, 4) is 0 Å². The first kappa shape index (κ1) is 20.3. The first-order chi connectivity index (χ1) is 13.6. The maximum Gasteiger partial charge on any atom is 0.306 e. The Bertz CT molecular complexity index is 766. The van der Waals surface area contributed by atoms with Gasteiger partial charge < -0.3 is 5.11 Å². The molecule has 1 atom stereocenters. The second kappa shape index (κ2) is 9.66. The summed E-state index contributed by atoms with van der Waals surface area (Å²) in [4.78, 5) is 11.2. The molecular weight excluding hydrogens is 363 g/mol. The maximum absolute atomic E-state index is 11.2. The lowest BCUT2D eigenvalue weighted by molar-refractivity contribution is -0.141. The molecule has 3 aromatic rings. The van der Waals surface area contributed by atoms with Crippen molar-refractivity contribution < 1.29 is 9.90 Å². The molecule has 1 N–H and O–H groups in total. The minimum Gasteiger partial charge on any atom is -0.481 e. The van der Waals surface area contributed by atoms with Gasteiger partial charge in [0.1, 0.15) is 23.2 Å². The highest BCUT2D eigenvalue weighted by atomic mass is 31.2. The molecule has 0 aliphatic rings. The van der Waals surface area contributed by atoms with Crippen molar-refractivity contribution >= 4 is 29.1 Å². The molecule has 3 aromatic carbocycles. The molecule has 0 saturated heterocycles. The molecule has 0 fully saturated rings. The SMILES string of the molecule is CC(CCCC[P+](c1ccccc1)(c1ccccc1)c1ccccc1)C(=O)O. The molecule has 0 aliphatic heterocycles. The van der Waals surface area contributed by atoms with Crippen molar-refractivity contribution in [2.45, 2.75) is 26.2 Å². The van der Waals surface area contributed by atoms with Gasteiger partial charge in [0.05, 0.1) is 12.1 Å². The van der Waals surface area contributed by atoms with Crippen LogP contribution in [0.15, 0.2) is 91.0 Å². The van der Waals surface area contributed by atoms with Gasteiger partial charge in [-0.2, -0.15) is 0 Å². The lowest BCUT2D eigenvalue weighted by Crippen LogP contribution is -2.33. The van der Waals surface area contributed by atoms with Crippen LogP contribution in [0.3, 0.4) is 0 Å². The highest BCUT2D eigenvalue weighted by molar-refractivity contribution is 7.95. The lowest BCUT2D eigenvalue weighted by atomic mass is 10.1. The van der Waals surface area contributed by atoms with Gasteiger partial charge >= 0.3 is 5.97 Å². The molecule has 0 heterocycles. The summed E-state index contributed by atoms with van der Waals surface area (Å²) >= 11 is 0. The van der Waals surface area contributed by atoms with Gasteiger partial charge in [-0.1, -0.05) is 61.5 Å². The molecule has 0 aromatic heterocycles. The van der Waals surface area contributed by atoms with Gasteiger partial charge in [0.25, 0.3) is 0 Å². The van der Waals surface area contributed by atoms with Crippen molar-refractivity contribution in [3.05, 3.63) is 91.0 Å².